The van der Waals surface area contributed by atoms with Crippen LogP contribution in [0.15, 0.2) is 12.1 Å². The molecule has 1 aromatic carbocycles. The van der Waals surface area contributed by atoms with E-state index in [4.69, 9.17) is 17.3 Å². The second-order valence-electron chi connectivity index (χ2n) is 4.75. The summed E-state index contributed by atoms with van der Waals surface area (Å²) in [6.45, 7) is 7.74. The SMILES string of the molecule is Cc1cc(C)c(N2CCNC(CN)C2)c(Cl)c1. The first-order valence-electron chi connectivity index (χ1n) is 6.07. The van der Waals surface area contributed by atoms with E-state index < -0.39 is 0 Å². The molecule has 1 aromatic rings. The summed E-state index contributed by atoms with van der Waals surface area (Å²) in [5, 5.41) is 4.26. The molecule has 0 aliphatic carbocycles. The molecule has 94 valence electrons. The molecule has 0 amide bonds. The van der Waals surface area contributed by atoms with E-state index in [2.05, 4.69) is 30.1 Å². The zero-order valence-corrected chi connectivity index (χ0v) is 11.2. The van der Waals surface area contributed by atoms with Gasteiger partial charge in [-0.15, -0.1) is 0 Å². The van der Waals surface area contributed by atoms with Crippen LogP contribution in [0.3, 0.4) is 0 Å². The molecule has 1 fully saturated rings. The number of nitrogens with two attached hydrogens (primary N) is 1. The molecule has 2 rings (SSSR count). The molecule has 1 aliphatic rings. The molecule has 4 heteroatoms. The highest BCUT2D eigenvalue weighted by Crippen LogP contribution is 2.31. The summed E-state index contributed by atoms with van der Waals surface area (Å²) in [5.74, 6) is 0. The van der Waals surface area contributed by atoms with Gasteiger partial charge in [-0.3, -0.25) is 0 Å². The van der Waals surface area contributed by atoms with Crippen LogP contribution in [-0.2, 0) is 0 Å². The third-order valence-corrected chi connectivity index (χ3v) is 3.54. The first kappa shape index (κ1) is 12.7. The summed E-state index contributed by atoms with van der Waals surface area (Å²) < 4.78 is 0. The fourth-order valence-corrected chi connectivity index (χ4v) is 2.94. The maximum absolute atomic E-state index is 6.37. The average Bonchev–Trinajstić information content (AvgIpc) is 2.28. The fraction of sp³-hybridized carbons (Fsp3) is 0.538. The van der Waals surface area contributed by atoms with Crippen molar-refractivity contribution in [1.82, 2.24) is 5.32 Å². The van der Waals surface area contributed by atoms with Crippen molar-refractivity contribution < 1.29 is 0 Å². The summed E-state index contributed by atoms with van der Waals surface area (Å²) in [6.07, 6.45) is 0. The number of hydrogen-bond acceptors (Lipinski definition) is 3. The number of aryl methyl sites for hydroxylation is 2. The molecule has 0 spiro atoms. The van der Waals surface area contributed by atoms with E-state index in [1.165, 1.54) is 11.1 Å². The van der Waals surface area contributed by atoms with E-state index in [-0.39, 0.29) is 0 Å². The third-order valence-electron chi connectivity index (χ3n) is 3.25. The van der Waals surface area contributed by atoms with E-state index in [1.54, 1.807) is 0 Å². The van der Waals surface area contributed by atoms with Gasteiger partial charge in [-0.1, -0.05) is 17.7 Å². The predicted octanol–water partition coefficient (Wildman–Crippen LogP) is 1.69. The third kappa shape index (κ3) is 2.73. The highest BCUT2D eigenvalue weighted by Gasteiger charge is 2.21. The number of nitrogens with one attached hydrogen (secondary N) is 1. The summed E-state index contributed by atoms with van der Waals surface area (Å²) in [7, 11) is 0. The Hall–Kier alpha value is -0.770. The van der Waals surface area contributed by atoms with Gasteiger partial charge < -0.3 is 16.0 Å². The molecule has 17 heavy (non-hydrogen) atoms. The van der Waals surface area contributed by atoms with Crippen LogP contribution in [0.1, 0.15) is 11.1 Å². The number of anilines is 1. The Morgan fingerprint density at radius 2 is 2.24 bits per heavy atom. The van der Waals surface area contributed by atoms with Gasteiger partial charge in [0.2, 0.25) is 0 Å². The van der Waals surface area contributed by atoms with Crippen LogP contribution in [-0.4, -0.2) is 32.2 Å². The fourth-order valence-electron chi connectivity index (χ4n) is 2.50. The van der Waals surface area contributed by atoms with Gasteiger partial charge in [-0.25, -0.2) is 0 Å². The lowest BCUT2D eigenvalue weighted by molar-refractivity contribution is 0.463. The van der Waals surface area contributed by atoms with Gasteiger partial charge in [-0.2, -0.15) is 0 Å². The molecule has 1 saturated heterocycles. The minimum absolute atomic E-state index is 0.362. The minimum Gasteiger partial charge on any atom is -0.367 e. The van der Waals surface area contributed by atoms with Gasteiger partial charge in [0.05, 0.1) is 10.7 Å². The van der Waals surface area contributed by atoms with Crippen molar-refractivity contribution in [3.05, 3.63) is 28.3 Å². The zero-order valence-electron chi connectivity index (χ0n) is 10.5. The number of rotatable bonds is 2. The maximum Gasteiger partial charge on any atom is 0.0644 e. The van der Waals surface area contributed by atoms with E-state index in [9.17, 15) is 0 Å². The summed E-state index contributed by atoms with van der Waals surface area (Å²) in [6, 6.07) is 4.57. The number of halogens is 1. The largest absolute Gasteiger partial charge is 0.367 e. The molecular weight excluding hydrogens is 234 g/mol. The Labute approximate surface area is 108 Å². The van der Waals surface area contributed by atoms with Crippen LogP contribution < -0.4 is 16.0 Å². The molecule has 0 bridgehead atoms. The smallest absolute Gasteiger partial charge is 0.0644 e. The van der Waals surface area contributed by atoms with Gasteiger partial charge >= 0.3 is 0 Å². The Morgan fingerprint density at radius 3 is 2.88 bits per heavy atom. The van der Waals surface area contributed by atoms with Gasteiger partial charge in [0.1, 0.15) is 0 Å². The Morgan fingerprint density at radius 1 is 1.47 bits per heavy atom. The monoisotopic (exact) mass is 253 g/mol. The van der Waals surface area contributed by atoms with Crippen LogP contribution in [0.5, 0.6) is 0 Å². The van der Waals surface area contributed by atoms with Gasteiger partial charge in [0, 0.05) is 32.2 Å². The van der Waals surface area contributed by atoms with Crippen LogP contribution in [0.2, 0.25) is 5.02 Å². The molecule has 3 nitrogen and oxygen atoms in total. The number of benzene rings is 1. The van der Waals surface area contributed by atoms with Crippen molar-refractivity contribution in [3.8, 4) is 0 Å². The highest BCUT2D eigenvalue weighted by atomic mass is 35.5. The first-order chi connectivity index (χ1) is 8.11. The van der Waals surface area contributed by atoms with Crippen molar-refractivity contribution in [3.63, 3.8) is 0 Å². The summed E-state index contributed by atoms with van der Waals surface area (Å²) in [4.78, 5) is 2.34. The Balaban J connectivity index is 2.27. The Bertz CT molecular complexity index is 383. The van der Waals surface area contributed by atoms with E-state index in [1.807, 2.05) is 6.07 Å². The lowest BCUT2D eigenvalue weighted by Crippen LogP contribution is -2.54. The van der Waals surface area contributed by atoms with Crippen molar-refractivity contribution in [1.29, 1.82) is 0 Å². The number of piperazine rings is 1. The van der Waals surface area contributed by atoms with E-state index in [0.29, 0.717) is 12.6 Å². The standard InChI is InChI=1S/C13H20ClN3/c1-9-5-10(2)13(12(14)6-9)17-4-3-16-11(7-15)8-17/h5-6,11,16H,3-4,7-8,15H2,1-2H3. The molecule has 1 atom stereocenters. The normalized spacial score (nSPS) is 20.7. The lowest BCUT2D eigenvalue weighted by Gasteiger charge is -2.36. The van der Waals surface area contributed by atoms with Crippen molar-refractivity contribution in [2.24, 2.45) is 5.73 Å². The van der Waals surface area contributed by atoms with Crippen LogP contribution >= 0.6 is 11.6 Å². The van der Waals surface area contributed by atoms with Crippen LogP contribution in [0, 0.1) is 13.8 Å². The summed E-state index contributed by atoms with van der Waals surface area (Å²) >= 11 is 6.37. The van der Waals surface area contributed by atoms with Gasteiger partial charge in [0.15, 0.2) is 0 Å². The number of nitrogens with zero attached hydrogens (tertiary/aromatic N) is 1. The zero-order chi connectivity index (χ0) is 12.4. The van der Waals surface area contributed by atoms with Gasteiger partial charge in [-0.05, 0) is 31.0 Å². The summed E-state index contributed by atoms with van der Waals surface area (Å²) in [5.41, 5.74) is 9.34. The minimum atomic E-state index is 0.362. The average molecular weight is 254 g/mol. The van der Waals surface area contributed by atoms with Crippen LogP contribution in [0.4, 0.5) is 5.69 Å². The van der Waals surface area contributed by atoms with E-state index >= 15 is 0 Å². The quantitative estimate of drug-likeness (QED) is 0.843. The predicted molar refractivity (Wildman–Crippen MR) is 74.0 cm³/mol. The lowest BCUT2D eigenvalue weighted by atomic mass is 10.1. The maximum atomic E-state index is 6.37. The molecule has 1 unspecified atom stereocenters. The highest BCUT2D eigenvalue weighted by molar-refractivity contribution is 6.33. The molecule has 0 saturated carbocycles. The van der Waals surface area contributed by atoms with Crippen LogP contribution in [0.25, 0.3) is 0 Å². The van der Waals surface area contributed by atoms with E-state index in [0.717, 1.165) is 30.3 Å². The molecule has 1 heterocycles. The second kappa shape index (κ2) is 5.25. The molecule has 3 N–H and O–H groups in total. The van der Waals surface area contributed by atoms with Crippen molar-refractivity contribution in [2.45, 2.75) is 19.9 Å². The molecule has 1 aliphatic heterocycles. The molecular formula is C13H20ClN3. The topological polar surface area (TPSA) is 41.3 Å². The second-order valence-corrected chi connectivity index (χ2v) is 5.15. The molecule has 0 radical (unpaired) electrons. The molecule has 0 aromatic heterocycles. The van der Waals surface area contributed by atoms with Crippen molar-refractivity contribution >= 4 is 17.3 Å². The number of hydrogen-bond donors (Lipinski definition) is 2. The first-order valence-corrected chi connectivity index (χ1v) is 6.44. The van der Waals surface area contributed by atoms with Gasteiger partial charge in [0.25, 0.3) is 0 Å². The van der Waals surface area contributed by atoms with Crippen molar-refractivity contribution in [2.75, 3.05) is 31.1 Å². The Kier molecular flexibility index (Phi) is 3.92.